The van der Waals surface area contributed by atoms with Crippen LogP contribution in [-0.4, -0.2) is 30.6 Å². The van der Waals surface area contributed by atoms with Crippen LogP contribution in [0.15, 0.2) is 24.3 Å². The molecule has 1 aromatic rings. The lowest BCUT2D eigenvalue weighted by Crippen LogP contribution is -2.34. The Balaban J connectivity index is 2.58. The molecule has 19 heavy (non-hydrogen) atoms. The molecule has 106 valence electrons. The van der Waals surface area contributed by atoms with Crippen molar-refractivity contribution < 1.29 is 9.53 Å². The van der Waals surface area contributed by atoms with Crippen LogP contribution in [0.3, 0.4) is 0 Å². The second kappa shape index (κ2) is 8.53. The molecule has 1 aromatic carbocycles. The molecule has 0 atom stereocenters. The fraction of sp³-hybridized carbons (Fsp3) is 0.533. The number of hydrogen-bond acceptors (Lipinski definition) is 3. The predicted octanol–water partition coefficient (Wildman–Crippen LogP) is 2.43. The summed E-state index contributed by atoms with van der Waals surface area (Å²) in [6, 6.07) is 7.65. The van der Waals surface area contributed by atoms with E-state index in [0.717, 1.165) is 30.6 Å². The highest BCUT2D eigenvalue weighted by molar-refractivity contribution is 5.77. The van der Waals surface area contributed by atoms with Gasteiger partial charge < -0.3 is 15.4 Å². The molecule has 0 aliphatic carbocycles. The first-order valence-electron chi connectivity index (χ1n) is 6.87. The zero-order chi connectivity index (χ0) is 14.1. The topological polar surface area (TPSA) is 55.6 Å². The van der Waals surface area contributed by atoms with Crippen molar-refractivity contribution >= 4 is 11.6 Å². The monoisotopic (exact) mass is 264 g/mol. The number of nitrogens with zero attached hydrogens (tertiary/aromatic N) is 1. The van der Waals surface area contributed by atoms with Crippen LogP contribution in [-0.2, 0) is 16.1 Å². The fourth-order valence-corrected chi connectivity index (χ4v) is 1.87. The lowest BCUT2D eigenvalue weighted by atomic mass is 10.2. The zero-order valence-electron chi connectivity index (χ0n) is 11.9. The quantitative estimate of drug-likeness (QED) is 0.579. The number of ether oxygens (including phenoxy) is 1. The van der Waals surface area contributed by atoms with E-state index >= 15 is 0 Å². The third-order valence-corrected chi connectivity index (χ3v) is 2.74. The Morgan fingerprint density at radius 1 is 1.32 bits per heavy atom. The number of rotatable bonds is 8. The lowest BCUT2D eigenvalue weighted by Gasteiger charge is -2.22. The Bertz CT molecular complexity index is 393. The SMILES string of the molecule is CCCOCC(=O)N(CCC)Cc1cccc(N)c1. The van der Waals surface area contributed by atoms with Gasteiger partial charge in [0.05, 0.1) is 0 Å². The molecule has 0 aliphatic heterocycles. The highest BCUT2D eigenvalue weighted by atomic mass is 16.5. The molecule has 0 unspecified atom stereocenters. The Kier molecular flexibility index (Phi) is 6.97. The Morgan fingerprint density at radius 2 is 2.11 bits per heavy atom. The summed E-state index contributed by atoms with van der Waals surface area (Å²) in [5, 5.41) is 0. The minimum atomic E-state index is 0.0396. The van der Waals surface area contributed by atoms with Gasteiger partial charge in [0.2, 0.25) is 5.91 Å². The fourth-order valence-electron chi connectivity index (χ4n) is 1.87. The zero-order valence-corrected chi connectivity index (χ0v) is 11.9. The van der Waals surface area contributed by atoms with Crippen LogP contribution in [0.25, 0.3) is 0 Å². The maximum absolute atomic E-state index is 12.1. The summed E-state index contributed by atoms with van der Waals surface area (Å²) in [6.45, 7) is 6.21. The van der Waals surface area contributed by atoms with Crippen molar-refractivity contribution in [2.75, 3.05) is 25.5 Å². The highest BCUT2D eigenvalue weighted by Gasteiger charge is 2.13. The van der Waals surface area contributed by atoms with Crippen molar-refractivity contribution in [3.63, 3.8) is 0 Å². The Labute approximate surface area is 115 Å². The van der Waals surface area contributed by atoms with Crippen LogP contribution in [0.5, 0.6) is 0 Å². The van der Waals surface area contributed by atoms with Gasteiger partial charge in [-0.15, -0.1) is 0 Å². The second-order valence-corrected chi connectivity index (χ2v) is 4.61. The molecule has 0 spiro atoms. The number of anilines is 1. The van der Waals surface area contributed by atoms with Crippen molar-refractivity contribution in [3.05, 3.63) is 29.8 Å². The molecule has 0 fully saturated rings. The van der Waals surface area contributed by atoms with Gasteiger partial charge in [-0.1, -0.05) is 26.0 Å². The summed E-state index contributed by atoms with van der Waals surface area (Å²) >= 11 is 0. The van der Waals surface area contributed by atoms with Crippen molar-refractivity contribution in [2.45, 2.75) is 33.2 Å². The van der Waals surface area contributed by atoms with Crippen molar-refractivity contribution in [3.8, 4) is 0 Å². The van der Waals surface area contributed by atoms with E-state index in [-0.39, 0.29) is 12.5 Å². The van der Waals surface area contributed by atoms with E-state index in [1.807, 2.05) is 36.1 Å². The summed E-state index contributed by atoms with van der Waals surface area (Å²) in [5.41, 5.74) is 7.53. The van der Waals surface area contributed by atoms with Gasteiger partial charge in [0.15, 0.2) is 0 Å². The smallest absolute Gasteiger partial charge is 0.248 e. The first-order valence-corrected chi connectivity index (χ1v) is 6.87. The molecule has 2 N–H and O–H groups in total. The van der Waals surface area contributed by atoms with Crippen LogP contribution in [0.2, 0.25) is 0 Å². The van der Waals surface area contributed by atoms with Gasteiger partial charge >= 0.3 is 0 Å². The third-order valence-electron chi connectivity index (χ3n) is 2.74. The van der Waals surface area contributed by atoms with E-state index in [1.165, 1.54) is 0 Å². The first-order chi connectivity index (χ1) is 9.17. The Hall–Kier alpha value is -1.55. The minimum absolute atomic E-state index is 0.0396. The van der Waals surface area contributed by atoms with E-state index in [2.05, 4.69) is 6.92 Å². The number of amides is 1. The minimum Gasteiger partial charge on any atom is -0.399 e. The first kappa shape index (κ1) is 15.5. The van der Waals surface area contributed by atoms with E-state index in [0.29, 0.717) is 13.2 Å². The van der Waals surface area contributed by atoms with E-state index in [4.69, 9.17) is 10.5 Å². The van der Waals surface area contributed by atoms with E-state index in [9.17, 15) is 4.79 Å². The largest absolute Gasteiger partial charge is 0.399 e. The molecular weight excluding hydrogens is 240 g/mol. The summed E-state index contributed by atoms with van der Waals surface area (Å²) in [6.07, 6.45) is 1.86. The molecule has 0 heterocycles. The van der Waals surface area contributed by atoms with Gasteiger partial charge in [-0.05, 0) is 30.5 Å². The van der Waals surface area contributed by atoms with Crippen LogP contribution in [0.1, 0.15) is 32.3 Å². The summed E-state index contributed by atoms with van der Waals surface area (Å²) < 4.78 is 5.32. The Morgan fingerprint density at radius 3 is 2.74 bits per heavy atom. The number of nitrogens with two attached hydrogens (primary N) is 1. The van der Waals surface area contributed by atoms with E-state index < -0.39 is 0 Å². The van der Waals surface area contributed by atoms with Gasteiger partial charge in [-0.3, -0.25) is 4.79 Å². The van der Waals surface area contributed by atoms with Crippen molar-refractivity contribution in [2.24, 2.45) is 0 Å². The molecule has 4 heteroatoms. The van der Waals surface area contributed by atoms with E-state index in [1.54, 1.807) is 0 Å². The van der Waals surface area contributed by atoms with Gasteiger partial charge in [0, 0.05) is 25.4 Å². The van der Waals surface area contributed by atoms with Gasteiger partial charge in [-0.25, -0.2) is 0 Å². The molecule has 0 saturated carbocycles. The molecule has 0 bridgehead atoms. The molecule has 0 aromatic heterocycles. The number of carbonyl (C=O) groups is 1. The van der Waals surface area contributed by atoms with Gasteiger partial charge in [0.25, 0.3) is 0 Å². The van der Waals surface area contributed by atoms with Crippen LogP contribution in [0, 0.1) is 0 Å². The van der Waals surface area contributed by atoms with Crippen molar-refractivity contribution in [1.29, 1.82) is 0 Å². The maximum Gasteiger partial charge on any atom is 0.248 e. The third kappa shape index (κ3) is 5.75. The average Bonchev–Trinajstić information content (AvgIpc) is 2.38. The molecular formula is C15H24N2O2. The molecule has 1 rings (SSSR count). The molecule has 0 radical (unpaired) electrons. The van der Waals surface area contributed by atoms with Crippen LogP contribution >= 0.6 is 0 Å². The van der Waals surface area contributed by atoms with Crippen molar-refractivity contribution in [1.82, 2.24) is 4.90 Å². The maximum atomic E-state index is 12.1. The molecule has 0 saturated heterocycles. The van der Waals surface area contributed by atoms with Crippen LogP contribution in [0.4, 0.5) is 5.69 Å². The van der Waals surface area contributed by atoms with Gasteiger partial charge in [-0.2, -0.15) is 0 Å². The average molecular weight is 264 g/mol. The molecule has 1 amide bonds. The van der Waals surface area contributed by atoms with Gasteiger partial charge in [0.1, 0.15) is 6.61 Å². The second-order valence-electron chi connectivity index (χ2n) is 4.61. The number of carbonyl (C=O) groups excluding carboxylic acids is 1. The predicted molar refractivity (Wildman–Crippen MR) is 77.7 cm³/mol. The highest BCUT2D eigenvalue weighted by Crippen LogP contribution is 2.10. The summed E-state index contributed by atoms with van der Waals surface area (Å²) in [4.78, 5) is 13.9. The summed E-state index contributed by atoms with van der Waals surface area (Å²) in [5.74, 6) is 0.0396. The number of hydrogen-bond donors (Lipinski definition) is 1. The normalized spacial score (nSPS) is 10.4. The number of benzene rings is 1. The standard InChI is InChI=1S/C15H24N2O2/c1-3-8-17(15(18)12-19-9-4-2)11-13-6-5-7-14(16)10-13/h5-7,10H,3-4,8-9,11-12,16H2,1-2H3. The van der Waals surface area contributed by atoms with Crippen LogP contribution < -0.4 is 5.73 Å². The molecule has 0 aliphatic rings. The lowest BCUT2D eigenvalue weighted by molar-refractivity contribution is -0.136. The molecule has 4 nitrogen and oxygen atoms in total. The number of nitrogen functional groups attached to an aromatic ring is 1. The summed E-state index contributed by atoms with van der Waals surface area (Å²) in [7, 11) is 0.